The molecule has 0 unspecified atom stereocenters. The molecule has 126 valence electrons. The van der Waals surface area contributed by atoms with E-state index in [9.17, 15) is 23.1 Å². The number of carbonyl (C=O) groups excluding carboxylic acids is 2. The van der Waals surface area contributed by atoms with Crippen molar-refractivity contribution in [1.29, 1.82) is 0 Å². The van der Waals surface area contributed by atoms with E-state index in [1.165, 1.54) is 24.3 Å². The van der Waals surface area contributed by atoms with Gasteiger partial charge in [0.05, 0.1) is 11.5 Å². The SMILES string of the molecule is CS(=O)(=O)c1ccc([C@@]2(CO)COC(=O)N2C(=O)C(Cl)Cl)cc1. The number of carbonyl (C=O) groups is 2. The molecule has 1 heterocycles. The summed E-state index contributed by atoms with van der Waals surface area (Å²) in [7, 11) is -3.41. The molecule has 2 amide bonds. The summed E-state index contributed by atoms with van der Waals surface area (Å²) in [4.78, 5) is 23.1. The highest BCUT2D eigenvalue weighted by Crippen LogP contribution is 2.36. The Labute approximate surface area is 142 Å². The van der Waals surface area contributed by atoms with Crippen molar-refractivity contribution in [3.63, 3.8) is 0 Å². The molecule has 0 radical (unpaired) electrons. The van der Waals surface area contributed by atoms with Crippen molar-refractivity contribution in [2.75, 3.05) is 19.5 Å². The van der Waals surface area contributed by atoms with E-state index in [1.54, 1.807) is 0 Å². The summed E-state index contributed by atoms with van der Waals surface area (Å²) in [6.45, 7) is -0.935. The molecule has 1 atom stereocenters. The number of aliphatic hydroxyl groups excluding tert-OH is 1. The second-order valence-electron chi connectivity index (χ2n) is 5.02. The van der Waals surface area contributed by atoms with Gasteiger partial charge in [-0.1, -0.05) is 35.3 Å². The maximum atomic E-state index is 12.1. The lowest BCUT2D eigenvalue weighted by molar-refractivity contribution is -0.131. The maximum Gasteiger partial charge on any atom is 0.417 e. The average molecular weight is 382 g/mol. The van der Waals surface area contributed by atoms with Crippen LogP contribution >= 0.6 is 23.2 Å². The van der Waals surface area contributed by atoms with Crippen molar-refractivity contribution >= 4 is 45.0 Å². The van der Waals surface area contributed by atoms with Crippen molar-refractivity contribution in [3.05, 3.63) is 29.8 Å². The van der Waals surface area contributed by atoms with Gasteiger partial charge in [-0.25, -0.2) is 18.1 Å². The van der Waals surface area contributed by atoms with Crippen LogP contribution in [0.15, 0.2) is 29.2 Å². The number of nitrogens with zero attached hydrogens (tertiary/aromatic N) is 1. The van der Waals surface area contributed by atoms with Crippen LogP contribution in [0.1, 0.15) is 5.56 Å². The molecular formula is C13H13Cl2NO6S. The van der Waals surface area contributed by atoms with Crippen molar-refractivity contribution in [2.24, 2.45) is 0 Å². The molecule has 1 aliphatic heterocycles. The standard InChI is InChI=1S/C13H13Cl2NO6S/c1-23(20,21)9-4-2-8(3-5-9)13(6-17)7-22-12(19)16(13)11(18)10(14)15/h2-5,10,17H,6-7H2,1H3/t13-/m1/s1. The number of alkyl halides is 2. The van der Waals surface area contributed by atoms with Gasteiger partial charge in [0, 0.05) is 6.26 Å². The van der Waals surface area contributed by atoms with Crippen molar-refractivity contribution in [3.8, 4) is 0 Å². The molecule has 0 spiro atoms. The topological polar surface area (TPSA) is 101 Å². The Morgan fingerprint density at radius 3 is 2.39 bits per heavy atom. The molecule has 0 aromatic heterocycles. The summed E-state index contributed by atoms with van der Waals surface area (Å²) in [5, 5.41) is 9.79. The summed E-state index contributed by atoms with van der Waals surface area (Å²) in [6, 6.07) is 5.41. The van der Waals surface area contributed by atoms with Gasteiger partial charge in [0.1, 0.15) is 12.1 Å². The second kappa shape index (κ2) is 6.27. The van der Waals surface area contributed by atoms with Crippen molar-refractivity contribution < 1.29 is 27.9 Å². The number of hydrogen-bond acceptors (Lipinski definition) is 6. The monoisotopic (exact) mass is 381 g/mol. The fourth-order valence-electron chi connectivity index (χ4n) is 2.32. The Kier molecular flexibility index (Phi) is 4.91. The third-order valence-corrected chi connectivity index (χ3v) is 5.04. The third-order valence-electron chi connectivity index (χ3n) is 3.53. The summed E-state index contributed by atoms with van der Waals surface area (Å²) in [5.41, 5.74) is -1.19. The zero-order valence-corrected chi connectivity index (χ0v) is 14.2. The van der Waals surface area contributed by atoms with Gasteiger partial charge in [0.25, 0.3) is 5.91 Å². The number of sulfone groups is 1. The molecule has 1 N–H and O–H groups in total. The van der Waals surface area contributed by atoms with Gasteiger partial charge in [-0.15, -0.1) is 0 Å². The minimum Gasteiger partial charge on any atom is -0.446 e. The minimum atomic E-state index is -3.41. The number of halogens is 2. The van der Waals surface area contributed by atoms with Crippen molar-refractivity contribution in [2.45, 2.75) is 15.3 Å². The van der Waals surface area contributed by atoms with Crippen LogP contribution in [0.3, 0.4) is 0 Å². The number of cyclic esters (lactones) is 1. The Balaban J connectivity index is 2.51. The van der Waals surface area contributed by atoms with Crippen LogP contribution in [0.5, 0.6) is 0 Å². The highest BCUT2D eigenvalue weighted by atomic mass is 35.5. The van der Waals surface area contributed by atoms with E-state index in [0.717, 1.165) is 6.26 Å². The Hall–Kier alpha value is -1.35. The van der Waals surface area contributed by atoms with Crippen LogP contribution in [0, 0.1) is 0 Å². The van der Waals surface area contributed by atoms with E-state index in [4.69, 9.17) is 27.9 Å². The molecule has 7 nitrogen and oxygen atoms in total. The molecule has 0 saturated carbocycles. The minimum absolute atomic E-state index is 0.0602. The number of rotatable bonds is 4. The van der Waals surface area contributed by atoms with Crippen LogP contribution in [-0.2, 0) is 24.9 Å². The molecule has 2 rings (SSSR count). The molecule has 1 saturated heterocycles. The molecule has 10 heteroatoms. The molecule has 0 bridgehead atoms. The van der Waals surface area contributed by atoms with Gasteiger partial charge in [-0.3, -0.25) is 4.79 Å². The fourth-order valence-corrected chi connectivity index (χ4v) is 3.14. The Bertz CT molecular complexity index is 733. The average Bonchev–Trinajstić information content (AvgIpc) is 2.83. The molecule has 23 heavy (non-hydrogen) atoms. The zero-order valence-electron chi connectivity index (χ0n) is 11.9. The molecule has 1 aromatic carbocycles. The van der Waals surface area contributed by atoms with Gasteiger partial charge >= 0.3 is 6.09 Å². The summed E-state index contributed by atoms with van der Waals surface area (Å²) < 4.78 is 27.9. The summed E-state index contributed by atoms with van der Waals surface area (Å²) in [5.74, 6) is -0.933. The highest BCUT2D eigenvalue weighted by Gasteiger charge is 2.53. The van der Waals surface area contributed by atoms with E-state index < -0.39 is 38.8 Å². The smallest absolute Gasteiger partial charge is 0.417 e. The predicted molar refractivity (Wildman–Crippen MR) is 82.0 cm³/mol. The van der Waals surface area contributed by atoms with Crippen LogP contribution in [0.25, 0.3) is 0 Å². The van der Waals surface area contributed by atoms with Crippen LogP contribution in [0.2, 0.25) is 0 Å². The van der Waals surface area contributed by atoms with Crippen LogP contribution in [0.4, 0.5) is 4.79 Å². The number of benzene rings is 1. The second-order valence-corrected chi connectivity index (χ2v) is 8.13. The third kappa shape index (κ3) is 3.16. The highest BCUT2D eigenvalue weighted by molar-refractivity contribution is 7.90. The quantitative estimate of drug-likeness (QED) is 0.782. The molecule has 1 aliphatic rings. The van der Waals surface area contributed by atoms with E-state index in [1.807, 2.05) is 0 Å². The zero-order chi connectivity index (χ0) is 17.4. The number of amides is 2. The maximum absolute atomic E-state index is 12.1. The van der Waals surface area contributed by atoms with E-state index >= 15 is 0 Å². The van der Waals surface area contributed by atoms with Gasteiger partial charge in [0.15, 0.2) is 14.7 Å². The number of ether oxygens (including phenoxy) is 1. The first-order valence-corrected chi connectivity index (χ1v) is 9.10. The van der Waals surface area contributed by atoms with Gasteiger partial charge in [-0.05, 0) is 17.7 Å². The first-order chi connectivity index (χ1) is 10.6. The lowest BCUT2D eigenvalue weighted by Gasteiger charge is -2.33. The lowest BCUT2D eigenvalue weighted by atomic mass is 9.90. The van der Waals surface area contributed by atoms with Gasteiger partial charge in [-0.2, -0.15) is 0 Å². The van der Waals surface area contributed by atoms with Gasteiger partial charge < -0.3 is 9.84 Å². The molecule has 1 aromatic rings. The predicted octanol–water partition coefficient (Wildman–Crippen LogP) is 1.06. The van der Waals surface area contributed by atoms with E-state index in [0.29, 0.717) is 10.5 Å². The summed E-state index contributed by atoms with van der Waals surface area (Å²) >= 11 is 11.1. The van der Waals surface area contributed by atoms with E-state index in [2.05, 4.69) is 0 Å². The van der Waals surface area contributed by atoms with E-state index in [-0.39, 0.29) is 11.5 Å². The summed E-state index contributed by atoms with van der Waals surface area (Å²) in [6.07, 6.45) is 0.0653. The number of hydrogen-bond donors (Lipinski definition) is 1. The van der Waals surface area contributed by atoms with Gasteiger partial charge in [0.2, 0.25) is 0 Å². The first kappa shape index (κ1) is 18.0. The number of imide groups is 1. The number of aliphatic hydroxyl groups is 1. The molecular weight excluding hydrogens is 369 g/mol. The fraction of sp³-hybridized carbons (Fsp3) is 0.385. The lowest BCUT2D eigenvalue weighted by Crippen LogP contribution is -2.52. The Morgan fingerprint density at radius 2 is 1.96 bits per heavy atom. The van der Waals surface area contributed by atoms with Crippen LogP contribution < -0.4 is 0 Å². The molecule has 1 fully saturated rings. The molecule has 0 aliphatic carbocycles. The van der Waals surface area contributed by atoms with Crippen LogP contribution in [-0.4, -0.2) is 54.7 Å². The normalized spacial score (nSPS) is 21.6. The van der Waals surface area contributed by atoms with Crippen molar-refractivity contribution in [1.82, 2.24) is 4.90 Å². The Morgan fingerprint density at radius 1 is 1.39 bits per heavy atom. The largest absolute Gasteiger partial charge is 0.446 e. The first-order valence-electron chi connectivity index (χ1n) is 6.34.